The summed E-state index contributed by atoms with van der Waals surface area (Å²) in [7, 11) is 3.32. The zero-order valence-corrected chi connectivity index (χ0v) is 10.6. The molecule has 1 atom stereocenters. The molecule has 0 heterocycles. The second-order valence-electron chi connectivity index (χ2n) is 3.87. The molecule has 3 heteroatoms. The van der Waals surface area contributed by atoms with Gasteiger partial charge in [0.05, 0.1) is 14.2 Å². The van der Waals surface area contributed by atoms with Gasteiger partial charge in [-0.15, -0.1) is 12.3 Å². The highest BCUT2D eigenvalue weighted by atomic mass is 16.5. The molecule has 0 radical (unpaired) electrons. The fraction of sp³-hybridized carbons (Fsp3) is 0.429. The lowest BCUT2D eigenvalue weighted by atomic mass is 10.1. The number of nitrogens with one attached hydrogen (secondary N) is 1. The second-order valence-corrected chi connectivity index (χ2v) is 3.87. The Bertz CT molecular complexity index is 396. The Balaban J connectivity index is 2.71. The van der Waals surface area contributed by atoms with Gasteiger partial charge in [-0.3, -0.25) is 0 Å². The SMILES string of the molecule is C#CCC(C)NCc1cc(OC)ccc1OC. The largest absolute Gasteiger partial charge is 0.497 e. The molecule has 0 aliphatic rings. The van der Waals surface area contributed by atoms with Crippen LogP contribution >= 0.6 is 0 Å². The van der Waals surface area contributed by atoms with E-state index in [1.807, 2.05) is 18.2 Å². The van der Waals surface area contributed by atoms with E-state index < -0.39 is 0 Å². The van der Waals surface area contributed by atoms with Crippen molar-refractivity contribution < 1.29 is 9.47 Å². The maximum Gasteiger partial charge on any atom is 0.123 e. The predicted molar refractivity (Wildman–Crippen MR) is 69.3 cm³/mol. The molecule has 0 aliphatic carbocycles. The van der Waals surface area contributed by atoms with Crippen molar-refractivity contribution in [3.63, 3.8) is 0 Å². The Hall–Kier alpha value is -1.66. The van der Waals surface area contributed by atoms with Crippen LogP contribution in [0.2, 0.25) is 0 Å². The molecule has 0 saturated heterocycles. The van der Waals surface area contributed by atoms with E-state index in [-0.39, 0.29) is 6.04 Å². The lowest BCUT2D eigenvalue weighted by molar-refractivity contribution is 0.395. The first-order chi connectivity index (χ1) is 8.21. The Morgan fingerprint density at radius 2 is 2.12 bits per heavy atom. The van der Waals surface area contributed by atoms with Gasteiger partial charge in [-0.2, -0.15) is 0 Å². The zero-order chi connectivity index (χ0) is 12.7. The summed E-state index contributed by atoms with van der Waals surface area (Å²) in [5, 5.41) is 3.35. The molecule has 0 aliphatic heterocycles. The second kappa shape index (κ2) is 6.82. The first kappa shape index (κ1) is 13.4. The Morgan fingerprint density at radius 1 is 1.35 bits per heavy atom. The van der Waals surface area contributed by atoms with Gasteiger partial charge in [0, 0.05) is 24.6 Å². The van der Waals surface area contributed by atoms with Crippen molar-refractivity contribution in [2.45, 2.75) is 25.9 Å². The Morgan fingerprint density at radius 3 is 2.71 bits per heavy atom. The van der Waals surface area contributed by atoms with E-state index in [9.17, 15) is 0 Å². The molecular weight excluding hydrogens is 214 g/mol. The van der Waals surface area contributed by atoms with Gasteiger partial charge < -0.3 is 14.8 Å². The average Bonchev–Trinajstić information content (AvgIpc) is 2.36. The van der Waals surface area contributed by atoms with E-state index in [2.05, 4.69) is 18.2 Å². The van der Waals surface area contributed by atoms with Crippen LogP contribution in [0.1, 0.15) is 18.9 Å². The molecule has 1 rings (SSSR count). The van der Waals surface area contributed by atoms with Crippen LogP contribution in [-0.4, -0.2) is 20.3 Å². The molecule has 17 heavy (non-hydrogen) atoms. The summed E-state index contributed by atoms with van der Waals surface area (Å²) in [5.74, 6) is 4.32. The highest BCUT2D eigenvalue weighted by molar-refractivity contribution is 5.40. The van der Waals surface area contributed by atoms with Crippen molar-refractivity contribution in [2.24, 2.45) is 0 Å². The van der Waals surface area contributed by atoms with Crippen LogP contribution in [0.15, 0.2) is 18.2 Å². The minimum atomic E-state index is 0.288. The van der Waals surface area contributed by atoms with Crippen LogP contribution in [-0.2, 0) is 6.54 Å². The molecule has 0 fully saturated rings. The summed E-state index contributed by atoms with van der Waals surface area (Å²) in [6, 6.07) is 6.04. The lowest BCUT2D eigenvalue weighted by Gasteiger charge is -2.14. The van der Waals surface area contributed by atoms with Gasteiger partial charge in [0.2, 0.25) is 0 Å². The predicted octanol–water partition coefficient (Wildman–Crippen LogP) is 2.21. The molecule has 1 aromatic rings. The first-order valence-electron chi connectivity index (χ1n) is 5.59. The van der Waals surface area contributed by atoms with Gasteiger partial charge in [0.15, 0.2) is 0 Å². The lowest BCUT2D eigenvalue weighted by Crippen LogP contribution is -2.25. The number of methoxy groups -OCH3 is 2. The highest BCUT2D eigenvalue weighted by Crippen LogP contribution is 2.23. The molecule has 0 amide bonds. The fourth-order valence-corrected chi connectivity index (χ4v) is 1.55. The van der Waals surface area contributed by atoms with E-state index in [1.54, 1.807) is 14.2 Å². The van der Waals surface area contributed by atoms with Crippen molar-refractivity contribution in [1.82, 2.24) is 5.32 Å². The van der Waals surface area contributed by atoms with E-state index in [0.29, 0.717) is 13.0 Å². The molecule has 1 N–H and O–H groups in total. The maximum atomic E-state index is 5.30. The minimum absolute atomic E-state index is 0.288. The smallest absolute Gasteiger partial charge is 0.123 e. The van der Waals surface area contributed by atoms with E-state index in [0.717, 1.165) is 17.1 Å². The van der Waals surface area contributed by atoms with Crippen molar-refractivity contribution in [1.29, 1.82) is 0 Å². The molecule has 92 valence electrons. The summed E-state index contributed by atoms with van der Waals surface area (Å²) >= 11 is 0. The summed E-state index contributed by atoms with van der Waals surface area (Å²) in [6.45, 7) is 2.77. The molecule has 0 saturated carbocycles. The quantitative estimate of drug-likeness (QED) is 0.764. The Kier molecular flexibility index (Phi) is 5.38. The van der Waals surface area contributed by atoms with Gasteiger partial charge >= 0.3 is 0 Å². The minimum Gasteiger partial charge on any atom is -0.497 e. The van der Waals surface area contributed by atoms with Gasteiger partial charge in [-0.1, -0.05) is 0 Å². The molecule has 0 aromatic heterocycles. The summed E-state index contributed by atoms with van der Waals surface area (Å²) < 4.78 is 10.5. The van der Waals surface area contributed by atoms with Gasteiger partial charge in [0.25, 0.3) is 0 Å². The maximum absolute atomic E-state index is 5.30. The first-order valence-corrected chi connectivity index (χ1v) is 5.59. The number of terminal acetylenes is 1. The normalized spacial score (nSPS) is 11.6. The van der Waals surface area contributed by atoms with Crippen LogP contribution in [0.4, 0.5) is 0 Å². The standard InChI is InChI=1S/C14H19NO2/c1-5-6-11(2)15-10-12-9-13(16-3)7-8-14(12)17-4/h1,7-9,11,15H,6,10H2,2-4H3. The molecule has 1 unspecified atom stereocenters. The monoisotopic (exact) mass is 233 g/mol. The van der Waals surface area contributed by atoms with Crippen molar-refractivity contribution in [2.75, 3.05) is 14.2 Å². The fourth-order valence-electron chi connectivity index (χ4n) is 1.55. The third-order valence-corrected chi connectivity index (χ3v) is 2.55. The third kappa shape index (κ3) is 4.01. The van der Waals surface area contributed by atoms with Crippen LogP contribution in [0.5, 0.6) is 11.5 Å². The topological polar surface area (TPSA) is 30.5 Å². The molecule has 0 spiro atoms. The van der Waals surface area contributed by atoms with Crippen molar-refractivity contribution in [3.05, 3.63) is 23.8 Å². The van der Waals surface area contributed by atoms with E-state index in [4.69, 9.17) is 15.9 Å². The van der Waals surface area contributed by atoms with Crippen molar-refractivity contribution >= 4 is 0 Å². The van der Waals surface area contributed by atoms with Crippen molar-refractivity contribution in [3.8, 4) is 23.8 Å². The number of rotatable bonds is 6. The third-order valence-electron chi connectivity index (χ3n) is 2.55. The van der Waals surface area contributed by atoms with Crippen LogP contribution in [0.25, 0.3) is 0 Å². The average molecular weight is 233 g/mol. The van der Waals surface area contributed by atoms with Gasteiger partial charge in [-0.25, -0.2) is 0 Å². The van der Waals surface area contributed by atoms with Crippen LogP contribution in [0, 0.1) is 12.3 Å². The van der Waals surface area contributed by atoms with Crippen LogP contribution < -0.4 is 14.8 Å². The number of hydrogen-bond acceptors (Lipinski definition) is 3. The molecule has 0 bridgehead atoms. The zero-order valence-electron chi connectivity index (χ0n) is 10.6. The molecular formula is C14H19NO2. The summed E-state index contributed by atoms with van der Waals surface area (Å²) in [4.78, 5) is 0. The van der Waals surface area contributed by atoms with E-state index >= 15 is 0 Å². The van der Waals surface area contributed by atoms with Gasteiger partial charge in [-0.05, 0) is 25.1 Å². The number of benzene rings is 1. The van der Waals surface area contributed by atoms with Gasteiger partial charge in [0.1, 0.15) is 11.5 Å². The summed E-state index contributed by atoms with van der Waals surface area (Å²) in [6.07, 6.45) is 5.98. The molecule has 3 nitrogen and oxygen atoms in total. The van der Waals surface area contributed by atoms with E-state index in [1.165, 1.54) is 0 Å². The Labute approximate surface area is 103 Å². The summed E-state index contributed by atoms with van der Waals surface area (Å²) in [5.41, 5.74) is 1.07. The number of ether oxygens (including phenoxy) is 2. The number of hydrogen-bond donors (Lipinski definition) is 1. The highest BCUT2D eigenvalue weighted by Gasteiger charge is 2.06. The van der Waals surface area contributed by atoms with Crippen LogP contribution in [0.3, 0.4) is 0 Å². The molecule has 1 aromatic carbocycles.